The second-order valence-corrected chi connectivity index (χ2v) is 6.87. The molecule has 0 saturated heterocycles. The Bertz CT molecular complexity index is 679. The van der Waals surface area contributed by atoms with Crippen LogP contribution in [0.15, 0.2) is 36.5 Å². The lowest BCUT2D eigenvalue weighted by atomic mass is 9.77. The third-order valence-electron chi connectivity index (χ3n) is 5.20. The molecule has 1 saturated carbocycles. The van der Waals surface area contributed by atoms with E-state index in [2.05, 4.69) is 29.2 Å². The molecule has 2 aromatic rings. The van der Waals surface area contributed by atoms with Crippen LogP contribution in [0.25, 0.3) is 0 Å². The molecule has 1 fully saturated rings. The van der Waals surface area contributed by atoms with E-state index in [4.69, 9.17) is 4.74 Å². The zero-order valence-electron chi connectivity index (χ0n) is 14.7. The Morgan fingerprint density at radius 2 is 1.80 bits per heavy atom. The van der Waals surface area contributed by atoms with Gasteiger partial charge in [-0.05, 0) is 86.6 Å². The number of ether oxygens (including phenoxy) is 1. The minimum atomic E-state index is -1.01. The van der Waals surface area contributed by atoms with E-state index in [1.807, 2.05) is 6.92 Å². The highest BCUT2D eigenvalue weighted by atomic mass is 19.2. The van der Waals surface area contributed by atoms with Crippen LogP contribution in [0.1, 0.15) is 56.1 Å². The van der Waals surface area contributed by atoms with E-state index in [9.17, 15) is 8.78 Å². The molecule has 25 heavy (non-hydrogen) atoms. The fourth-order valence-electron chi connectivity index (χ4n) is 3.76. The van der Waals surface area contributed by atoms with Crippen LogP contribution in [0.5, 0.6) is 5.75 Å². The SMILES string of the molecule is CCOc1ccc([C@H]2CC[C@H](CCc3cnc(F)c(F)c3)CC2)cc1. The molecule has 1 aliphatic rings. The first kappa shape index (κ1) is 17.8. The molecule has 0 N–H and O–H groups in total. The van der Waals surface area contributed by atoms with Crippen LogP contribution in [0.3, 0.4) is 0 Å². The zero-order valence-corrected chi connectivity index (χ0v) is 14.7. The summed E-state index contributed by atoms with van der Waals surface area (Å²) in [6.45, 7) is 2.68. The van der Waals surface area contributed by atoms with Crippen LogP contribution in [0.2, 0.25) is 0 Å². The summed E-state index contributed by atoms with van der Waals surface area (Å²) in [4.78, 5) is 3.46. The van der Waals surface area contributed by atoms with E-state index in [-0.39, 0.29) is 0 Å². The van der Waals surface area contributed by atoms with E-state index < -0.39 is 11.8 Å². The van der Waals surface area contributed by atoms with E-state index in [0.29, 0.717) is 18.4 Å². The molecule has 0 radical (unpaired) electrons. The van der Waals surface area contributed by atoms with Crippen LogP contribution in [-0.4, -0.2) is 11.6 Å². The third-order valence-corrected chi connectivity index (χ3v) is 5.20. The van der Waals surface area contributed by atoms with Gasteiger partial charge in [-0.1, -0.05) is 12.1 Å². The minimum absolute atomic E-state index is 0.622. The molecule has 1 heterocycles. The van der Waals surface area contributed by atoms with E-state index in [1.165, 1.54) is 43.5 Å². The Labute approximate surface area is 148 Å². The molecule has 0 unspecified atom stereocenters. The molecule has 3 rings (SSSR count). The normalized spacial score (nSPS) is 20.4. The summed E-state index contributed by atoms with van der Waals surface area (Å²) in [6, 6.07) is 9.75. The second kappa shape index (κ2) is 8.41. The van der Waals surface area contributed by atoms with Gasteiger partial charge in [-0.25, -0.2) is 9.37 Å². The summed E-state index contributed by atoms with van der Waals surface area (Å²) in [7, 11) is 0. The molecule has 0 amide bonds. The second-order valence-electron chi connectivity index (χ2n) is 6.87. The van der Waals surface area contributed by atoms with E-state index >= 15 is 0 Å². The molecule has 0 aliphatic heterocycles. The number of aromatic nitrogens is 1. The fourth-order valence-corrected chi connectivity index (χ4v) is 3.76. The summed E-state index contributed by atoms with van der Waals surface area (Å²) in [5.74, 6) is 0.348. The quantitative estimate of drug-likeness (QED) is 0.630. The topological polar surface area (TPSA) is 22.1 Å². The molecular formula is C21H25F2NO. The summed E-state index contributed by atoms with van der Waals surface area (Å²) >= 11 is 0. The molecule has 1 aromatic heterocycles. The number of rotatable bonds is 6. The lowest BCUT2D eigenvalue weighted by Gasteiger charge is -2.29. The average Bonchev–Trinajstić information content (AvgIpc) is 2.64. The summed E-state index contributed by atoms with van der Waals surface area (Å²) in [5.41, 5.74) is 2.18. The summed E-state index contributed by atoms with van der Waals surface area (Å²) < 4.78 is 31.6. The Kier molecular flexibility index (Phi) is 6.00. The maximum absolute atomic E-state index is 13.2. The number of aryl methyl sites for hydroxylation is 1. The smallest absolute Gasteiger partial charge is 0.248 e. The Hall–Kier alpha value is -1.97. The van der Waals surface area contributed by atoms with Gasteiger partial charge in [0.1, 0.15) is 5.75 Å². The van der Waals surface area contributed by atoms with Gasteiger partial charge in [-0.3, -0.25) is 0 Å². The molecule has 1 aliphatic carbocycles. The number of halogens is 2. The van der Waals surface area contributed by atoms with E-state index in [0.717, 1.165) is 24.2 Å². The van der Waals surface area contributed by atoms with Crippen LogP contribution in [0, 0.1) is 17.7 Å². The van der Waals surface area contributed by atoms with Crippen molar-refractivity contribution in [1.82, 2.24) is 4.98 Å². The Morgan fingerprint density at radius 3 is 2.44 bits per heavy atom. The summed E-state index contributed by atoms with van der Waals surface area (Å²) in [5, 5.41) is 0. The number of benzene rings is 1. The highest BCUT2D eigenvalue weighted by Gasteiger charge is 2.22. The first-order valence-electron chi connectivity index (χ1n) is 9.18. The van der Waals surface area contributed by atoms with Crippen LogP contribution in [0.4, 0.5) is 8.78 Å². The van der Waals surface area contributed by atoms with Crippen molar-refractivity contribution in [3.63, 3.8) is 0 Å². The van der Waals surface area contributed by atoms with Crippen molar-refractivity contribution in [2.45, 2.75) is 51.4 Å². The Morgan fingerprint density at radius 1 is 1.08 bits per heavy atom. The van der Waals surface area contributed by atoms with Gasteiger partial charge in [0.2, 0.25) is 5.95 Å². The molecule has 0 bridgehead atoms. The van der Waals surface area contributed by atoms with Crippen molar-refractivity contribution in [3.8, 4) is 5.75 Å². The maximum atomic E-state index is 13.2. The molecule has 134 valence electrons. The van der Waals surface area contributed by atoms with Crippen molar-refractivity contribution >= 4 is 0 Å². The van der Waals surface area contributed by atoms with Gasteiger partial charge >= 0.3 is 0 Å². The minimum Gasteiger partial charge on any atom is -0.494 e. The highest BCUT2D eigenvalue weighted by Crippen LogP contribution is 2.37. The number of hydrogen-bond acceptors (Lipinski definition) is 2. The van der Waals surface area contributed by atoms with Gasteiger partial charge < -0.3 is 4.74 Å². The molecular weight excluding hydrogens is 320 g/mol. The standard InChI is InChI=1S/C21H25F2NO/c1-2-25-19-11-9-18(10-12-19)17-7-5-15(6-8-17)3-4-16-13-20(22)21(23)24-14-16/h9-15,17H,2-8H2,1H3/t15-,17-. The van der Waals surface area contributed by atoms with Crippen LogP contribution in [-0.2, 0) is 6.42 Å². The lowest BCUT2D eigenvalue weighted by Crippen LogP contribution is -2.14. The molecule has 0 spiro atoms. The van der Waals surface area contributed by atoms with E-state index in [1.54, 1.807) is 0 Å². The van der Waals surface area contributed by atoms with Gasteiger partial charge in [0.25, 0.3) is 0 Å². The highest BCUT2D eigenvalue weighted by molar-refractivity contribution is 5.29. The molecule has 4 heteroatoms. The number of hydrogen-bond donors (Lipinski definition) is 0. The van der Waals surface area contributed by atoms with Crippen LogP contribution < -0.4 is 4.74 Å². The lowest BCUT2D eigenvalue weighted by molar-refractivity contribution is 0.309. The first-order valence-corrected chi connectivity index (χ1v) is 9.18. The predicted octanol–water partition coefficient (Wildman–Crippen LogP) is 5.67. The maximum Gasteiger partial charge on any atom is 0.248 e. The molecule has 2 nitrogen and oxygen atoms in total. The van der Waals surface area contributed by atoms with Crippen LogP contribution >= 0.6 is 0 Å². The van der Waals surface area contributed by atoms with Gasteiger partial charge in [0, 0.05) is 6.20 Å². The van der Waals surface area contributed by atoms with Gasteiger partial charge in [0.15, 0.2) is 5.82 Å². The largest absolute Gasteiger partial charge is 0.494 e. The van der Waals surface area contributed by atoms with Crippen molar-refractivity contribution in [1.29, 1.82) is 0 Å². The number of nitrogens with zero attached hydrogens (tertiary/aromatic N) is 1. The van der Waals surface area contributed by atoms with Gasteiger partial charge in [0.05, 0.1) is 6.61 Å². The third kappa shape index (κ3) is 4.77. The summed E-state index contributed by atoms with van der Waals surface area (Å²) in [6.07, 6.45) is 7.99. The monoisotopic (exact) mass is 345 g/mol. The Balaban J connectivity index is 1.47. The van der Waals surface area contributed by atoms with Gasteiger partial charge in [-0.2, -0.15) is 4.39 Å². The van der Waals surface area contributed by atoms with Crippen molar-refractivity contribution in [2.75, 3.05) is 6.61 Å². The zero-order chi connectivity index (χ0) is 17.6. The van der Waals surface area contributed by atoms with Gasteiger partial charge in [-0.15, -0.1) is 0 Å². The van der Waals surface area contributed by atoms with Crippen molar-refractivity contribution in [2.24, 2.45) is 5.92 Å². The van der Waals surface area contributed by atoms with Crippen molar-refractivity contribution < 1.29 is 13.5 Å². The average molecular weight is 345 g/mol. The predicted molar refractivity (Wildman–Crippen MR) is 94.8 cm³/mol. The molecule has 0 atom stereocenters. The molecule has 1 aromatic carbocycles. The number of pyridine rings is 1. The van der Waals surface area contributed by atoms with Crippen molar-refractivity contribution in [3.05, 3.63) is 59.4 Å². The first-order chi connectivity index (χ1) is 12.2. The fraction of sp³-hybridized carbons (Fsp3) is 0.476.